The van der Waals surface area contributed by atoms with Gasteiger partial charge in [0.2, 0.25) is 10.0 Å². The standard InChI is InChI=1S/C17H19NO5S/c1-12(13-3-8-16-17(11-13)23-10-9-22-16)18-24(19,20)15-6-4-14(21-2)5-7-15/h3-8,11-12,18H,9-10H2,1-2H3/t12-/m0/s1. The highest BCUT2D eigenvalue weighted by Crippen LogP contribution is 2.33. The molecule has 0 amide bonds. The molecule has 7 heteroatoms. The van der Waals surface area contributed by atoms with E-state index in [1.807, 2.05) is 6.07 Å². The molecule has 1 heterocycles. The molecular weight excluding hydrogens is 330 g/mol. The molecule has 24 heavy (non-hydrogen) atoms. The summed E-state index contributed by atoms with van der Waals surface area (Å²) in [6.07, 6.45) is 0. The molecule has 6 nitrogen and oxygen atoms in total. The summed E-state index contributed by atoms with van der Waals surface area (Å²) in [5.41, 5.74) is 0.802. The van der Waals surface area contributed by atoms with Crippen LogP contribution in [0, 0.1) is 0 Å². The fourth-order valence-corrected chi connectivity index (χ4v) is 3.68. The third-order valence-corrected chi connectivity index (χ3v) is 5.32. The van der Waals surface area contributed by atoms with Crippen LogP contribution in [-0.2, 0) is 10.0 Å². The summed E-state index contributed by atoms with van der Waals surface area (Å²) in [5.74, 6) is 1.92. The van der Waals surface area contributed by atoms with E-state index < -0.39 is 16.1 Å². The summed E-state index contributed by atoms with van der Waals surface area (Å²) < 4.78 is 43.7. The van der Waals surface area contributed by atoms with Gasteiger partial charge in [0.15, 0.2) is 11.5 Å². The SMILES string of the molecule is COc1ccc(S(=O)(=O)N[C@@H](C)c2ccc3c(c2)OCCO3)cc1. The van der Waals surface area contributed by atoms with E-state index in [2.05, 4.69) is 4.72 Å². The van der Waals surface area contributed by atoms with Gasteiger partial charge in [0.05, 0.1) is 12.0 Å². The van der Waals surface area contributed by atoms with Gasteiger partial charge in [-0.15, -0.1) is 0 Å². The first-order valence-electron chi connectivity index (χ1n) is 7.55. The van der Waals surface area contributed by atoms with E-state index in [0.29, 0.717) is 30.5 Å². The molecular formula is C17H19NO5S. The van der Waals surface area contributed by atoms with Crippen molar-refractivity contribution in [3.8, 4) is 17.2 Å². The predicted molar refractivity (Wildman–Crippen MR) is 89.2 cm³/mol. The molecule has 128 valence electrons. The second kappa shape index (κ2) is 6.70. The first-order valence-corrected chi connectivity index (χ1v) is 9.04. The van der Waals surface area contributed by atoms with Crippen LogP contribution in [0.15, 0.2) is 47.4 Å². The molecule has 1 aliphatic rings. The van der Waals surface area contributed by atoms with Crippen molar-refractivity contribution in [2.45, 2.75) is 17.9 Å². The Morgan fingerprint density at radius 2 is 1.71 bits per heavy atom. The van der Waals surface area contributed by atoms with Gasteiger partial charge in [0, 0.05) is 6.04 Å². The van der Waals surface area contributed by atoms with Gasteiger partial charge >= 0.3 is 0 Å². The Kier molecular flexibility index (Phi) is 4.64. The summed E-state index contributed by atoms with van der Waals surface area (Å²) in [6, 6.07) is 11.3. The zero-order valence-corrected chi connectivity index (χ0v) is 14.3. The summed E-state index contributed by atoms with van der Waals surface area (Å²) in [6.45, 7) is 2.79. The van der Waals surface area contributed by atoms with E-state index in [-0.39, 0.29) is 4.90 Å². The largest absolute Gasteiger partial charge is 0.497 e. The molecule has 0 radical (unpaired) electrons. The summed E-state index contributed by atoms with van der Waals surface area (Å²) in [5, 5.41) is 0. The molecule has 0 saturated carbocycles. The van der Waals surface area contributed by atoms with Crippen LogP contribution in [0.3, 0.4) is 0 Å². The number of benzene rings is 2. The average Bonchev–Trinajstić information content (AvgIpc) is 2.61. The van der Waals surface area contributed by atoms with Gasteiger partial charge in [-0.25, -0.2) is 13.1 Å². The molecule has 1 atom stereocenters. The summed E-state index contributed by atoms with van der Waals surface area (Å²) in [7, 11) is -2.10. The van der Waals surface area contributed by atoms with E-state index in [9.17, 15) is 8.42 Å². The Bertz CT molecular complexity index is 817. The number of hydrogen-bond acceptors (Lipinski definition) is 5. The molecule has 2 aromatic carbocycles. The predicted octanol–water partition coefficient (Wildman–Crippen LogP) is 2.51. The molecule has 2 aromatic rings. The Morgan fingerprint density at radius 3 is 2.38 bits per heavy atom. The Morgan fingerprint density at radius 1 is 1.04 bits per heavy atom. The van der Waals surface area contributed by atoms with Crippen molar-refractivity contribution >= 4 is 10.0 Å². The third kappa shape index (κ3) is 3.47. The quantitative estimate of drug-likeness (QED) is 0.898. The summed E-state index contributed by atoms with van der Waals surface area (Å²) >= 11 is 0. The third-order valence-electron chi connectivity index (χ3n) is 3.77. The van der Waals surface area contributed by atoms with Gasteiger partial charge in [-0.3, -0.25) is 0 Å². The molecule has 0 aliphatic carbocycles. The Labute approximate surface area is 141 Å². The minimum atomic E-state index is -3.63. The highest BCUT2D eigenvalue weighted by Gasteiger charge is 2.20. The van der Waals surface area contributed by atoms with Crippen LogP contribution < -0.4 is 18.9 Å². The van der Waals surface area contributed by atoms with Crippen molar-refractivity contribution in [2.24, 2.45) is 0 Å². The van der Waals surface area contributed by atoms with Crippen LogP contribution in [0.4, 0.5) is 0 Å². The molecule has 1 N–H and O–H groups in total. The number of fused-ring (bicyclic) bond motifs is 1. The average molecular weight is 349 g/mol. The van der Waals surface area contributed by atoms with Crippen molar-refractivity contribution in [1.29, 1.82) is 0 Å². The molecule has 0 saturated heterocycles. The number of methoxy groups -OCH3 is 1. The van der Waals surface area contributed by atoms with Gasteiger partial charge in [0.1, 0.15) is 19.0 Å². The van der Waals surface area contributed by atoms with E-state index in [1.165, 1.54) is 19.2 Å². The van der Waals surface area contributed by atoms with Gasteiger partial charge in [-0.2, -0.15) is 0 Å². The van der Waals surface area contributed by atoms with Gasteiger partial charge in [-0.05, 0) is 48.9 Å². The monoisotopic (exact) mass is 349 g/mol. The maximum atomic E-state index is 12.5. The van der Waals surface area contributed by atoms with Crippen LogP contribution in [0.1, 0.15) is 18.5 Å². The van der Waals surface area contributed by atoms with Gasteiger partial charge in [-0.1, -0.05) is 6.07 Å². The zero-order chi connectivity index (χ0) is 17.2. The highest BCUT2D eigenvalue weighted by molar-refractivity contribution is 7.89. The molecule has 0 aromatic heterocycles. The molecule has 0 spiro atoms. The maximum absolute atomic E-state index is 12.5. The second-order valence-corrected chi connectivity index (χ2v) is 7.14. The van der Waals surface area contributed by atoms with Crippen LogP contribution in [0.2, 0.25) is 0 Å². The topological polar surface area (TPSA) is 73.9 Å². The molecule has 0 unspecified atom stereocenters. The van der Waals surface area contributed by atoms with Crippen molar-refractivity contribution in [2.75, 3.05) is 20.3 Å². The van der Waals surface area contributed by atoms with Crippen molar-refractivity contribution in [1.82, 2.24) is 4.72 Å². The normalized spacial score (nSPS) is 14.9. The lowest BCUT2D eigenvalue weighted by molar-refractivity contribution is 0.171. The molecule has 3 rings (SSSR count). The van der Waals surface area contributed by atoms with Crippen LogP contribution in [0.5, 0.6) is 17.2 Å². The number of rotatable bonds is 5. The smallest absolute Gasteiger partial charge is 0.241 e. The number of ether oxygens (including phenoxy) is 3. The lowest BCUT2D eigenvalue weighted by Crippen LogP contribution is -2.27. The minimum absolute atomic E-state index is 0.188. The van der Waals surface area contributed by atoms with Crippen molar-refractivity contribution < 1.29 is 22.6 Å². The Hall–Kier alpha value is -2.25. The van der Waals surface area contributed by atoms with Crippen molar-refractivity contribution in [3.63, 3.8) is 0 Å². The summed E-state index contributed by atoms with van der Waals surface area (Å²) in [4.78, 5) is 0.188. The van der Waals surface area contributed by atoms with E-state index in [4.69, 9.17) is 14.2 Å². The number of sulfonamides is 1. The highest BCUT2D eigenvalue weighted by atomic mass is 32.2. The van der Waals surface area contributed by atoms with Gasteiger partial charge < -0.3 is 14.2 Å². The maximum Gasteiger partial charge on any atom is 0.241 e. The number of hydrogen-bond donors (Lipinski definition) is 1. The lowest BCUT2D eigenvalue weighted by atomic mass is 10.1. The van der Waals surface area contributed by atoms with Crippen LogP contribution in [-0.4, -0.2) is 28.7 Å². The molecule has 0 fully saturated rings. The van der Waals surface area contributed by atoms with Crippen molar-refractivity contribution in [3.05, 3.63) is 48.0 Å². The number of nitrogens with one attached hydrogen (secondary N) is 1. The van der Waals surface area contributed by atoms with Crippen LogP contribution >= 0.6 is 0 Å². The lowest BCUT2D eigenvalue weighted by Gasteiger charge is -2.21. The molecule has 0 bridgehead atoms. The second-order valence-electron chi connectivity index (χ2n) is 5.42. The van der Waals surface area contributed by atoms with E-state index in [1.54, 1.807) is 31.2 Å². The fourth-order valence-electron chi connectivity index (χ4n) is 2.45. The Balaban J connectivity index is 1.78. The van der Waals surface area contributed by atoms with E-state index in [0.717, 1.165) is 5.56 Å². The molecule has 1 aliphatic heterocycles. The van der Waals surface area contributed by atoms with Gasteiger partial charge in [0.25, 0.3) is 0 Å². The fraction of sp³-hybridized carbons (Fsp3) is 0.294. The first kappa shape index (κ1) is 16.6. The van der Waals surface area contributed by atoms with Crippen LogP contribution in [0.25, 0.3) is 0 Å². The van der Waals surface area contributed by atoms with E-state index >= 15 is 0 Å². The first-order chi connectivity index (χ1) is 11.5. The minimum Gasteiger partial charge on any atom is -0.497 e. The zero-order valence-electron chi connectivity index (χ0n) is 13.5.